The molecule has 6 nitrogen and oxygen atoms in total. The van der Waals surface area contributed by atoms with Crippen molar-refractivity contribution in [1.29, 1.82) is 0 Å². The molecule has 0 aliphatic rings. The molecule has 0 radical (unpaired) electrons. The summed E-state index contributed by atoms with van der Waals surface area (Å²) in [5, 5.41) is 3.75. The lowest BCUT2D eigenvalue weighted by Gasteiger charge is -2.03. The van der Waals surface area contributed by atoms with Gasteiger partial charge in [0.1, 0.15) is 6.61 Å². The van der Waals surface area contributed by atoms with Gasteiger partial charge >= 0.3 is 0 Å². The van der Waals surface area contributed by atoms with Crippen LogP contribution in [0, 0.1) is 0 Å². The maximum atomic E-state index is 5.39. The fraction of sp³-hybridized carbons (Fsp3) is 0.700. The van der Waals surface area contributed by atoms with Gasteiger partial charge in [-0.1, -0.05) is 5.16 Å². The Kier molecular flexibility index (Phi) is 6.75. The molecule has 0 atom stereocenters. The van der Waals surface area contributed by atoms with Crippen LogP contribution in [0.5, 0.6) is 0 Å². The van der Waals surface area contributed by atoms with Crippen molar-refractivity contribution >= 4 is 0 Å². The van der Waals surface area contributed by atoms with Crippen molar-refractivity contribution in [3.05, 3.63) is 17.5 Å². The molecule has 1 aromatic heterocycles. The summed E-state index contributed by atoms with van der Waals surface area (Å²) in [6.07, 6.45) is 0. The molecule has 1 rings (SSSR count). The van der Waals surface area contributed by atoms with Crippen LogP contribution in [0.2, 0.25) is 0 Å². The third kappa shape index (κ3) is 5.22. The van der Waals surface area contributed by atoms with E-state index in [1.807, 2.05) is 0 Å². The third-order valence-electron chi connectivity index (χ3n) is 1.87. The van der Waals surface area contributed by atoms with Crippen molar-refractivity contribution in [1.82, 2.24) is 5.16 Å². The maximum Gasteiger partial charge on any atom is 0.162 e. The van der Waals surface area contributed by atoms with Crippen LogP contribution in [0.1, 0.15) is 11.5 Å². The van der Waals surface area contributed by atoms with E-state index in [1.165, 1.54) is 0 Å². The number of nitrogens with zero attached hydrogens (tertiary/aromatic N) is 1. The number of rotatable bonds is 9. The van der Waals surface area contributed by atoms with Crippen LogP contribution in [-0.2, 0) is 27.4 Å². The standard InChI is InChI=1S/C10H18N2O4/c1-13-2-3-14-4-5-15-8-10-6-9(7-11)12-16-10/h6H,2-5,7-8,11H2,1H3. The second kappa shape index (κ2) is 8.23. The second-order valence-electron chi connectivity index (χ2n) is 3.15. The summed E-state index contributed by atoms with van der Waals surface area (Å²) in [6, 6.07) is 1.78. The summed E-state index contributed by atoms with van der Waals surface area (Å²) in [4.78, 5) is 0. The number of ether oxygens (including phenoxy) is 3. The lowest BCUT2D eigenvalue weighted by molar-refractivity contribution is 0.0151. The Labute approximate surface area is 94.6 Å². The molecule has 0 bridgehead atoms. The molecular formula is C10H18N2O4. The quantitative estimate of drug-likeness (QED) is 0.615. The summed E-state index contributed by atoms with van der Waals surface area (Å²) in [6.45, 7) is 3.01. The van der Waals surface area contributed by atoms with E-state index in [0.29, 0.717) is 45.3 Å². The van der Waals surface area contributed by atoms with Gasteiger partial charge in [-0.15, -0.1) is 0 Å². The number of hydrogen-bond donors (Lipinski definition) is 1. The van der Waals surface area contributed by atoms with Crippen LogP contribution < -0.4 is 5.73 Å². The summed E-state index contributed by atoms with van der Waals surface area (Å²) in [5.74, 6) is 0.678. The van der Waals surface area contributed by atoms with E-state index in [4.69, 9.17) is 24.5 Å². The molecule has 0 aliphatic heterocycles. The zero-order valence-corrected chi connectivity index (χ0v) is 9.48. The monoisotopic (exact) mass is 230 g/mol. The predicted molar refractivity (Wildman–Crippen MR) is 56.7 cm³/mol. The highest BCUT2D eigenvalue weighted by molar-refractivity contribution is 5.03. The lowest BCUT2D eigenvalue weighted by Crippen LogP contribution is -2.08. The van der Waals surface area contributed by atoms with Crippen molar-refractivity contribution in [2.45, 2.75) is 13.2 Å². The summed E-state index contributed by atoms with van der Waals surface area (Å²) < 4.78 is 20.4. The Morgan fingerprint density at radius 3 is 2.69 bits per heavy atom. The van der Waals surface area contributed by atoms with E-state index < -0.39 is 0 Å². The van der Waals surface area contributed by atoms with Crippen molar-refractivity contribution < 1.29 is 18.7 Å². The Bertz CT molecular complexity index is 278. The Morgan fingerprint density at radius 2 is 2.00 bits per heavy atom. The first kappa shape index (κ1) is 13.1. The van der Waals surface area contributed by atoms with E-state index in [2.05, 4.69) is 5.16 Å². The first-order valence-corrected chi connectivity index (χ1v) is 5.15. The van der Waals surface area contributed by atoms with E-state index >= 15 is 0 Å². The Hall–Kier alpha value is -0.950. The highest BCUT2D eigenvalue weighted by atomic mass is 16.5. The van der Waals surface area contributed by atoms with Crippen LogP contribution in [0.15, 0.2) is 10.6 Å². The molecule has 92 valence electrons. The molecule has 0 saturated carbocycles. The zero-order chi connectivity index (χ0) is 11.6. The van der Waals surface area contributed by atoms with Crippen molar-refractivity contribution in [2.75, 3.05) is 33.5 Å². The van der Waals surface area contributed by atoms with Gasteiger partial charge in [-0.2, -0.15) is 0 Å². The van der Waals surface area contributed by atoms with E-state index in [0.717, 1.165) is 5.69 Å². The minimum absolute atomic E-state index is 0.379. The largest absolute Gasteiger partial charge is 0.382 e. The molecule has 0 unspecified atom stereocenters. The van der Waals surface area contributed by atoms with E-state index in [1.54, 1.807) is 13.2 Å². The molecule has 0 aliphatic carbocycles. The third-order valence-corrected chi connectivity index (χ3v) is 1.87. The fourth-order valence-corrected chi connectivity index (χ4v) is 1.05. The topological polar surface area (TPSA) is 79.7 Å². The van der Waals surface area contributed by atoms with Gasteiger partial charge in [-0.3, -0.25) is 0 Å². The van der Waals surface area contributed by atoms with Gasteiger partial charge in [-0.05, 0) is 0 Å². The van der Waals surface area contributed by atoms with Crippen molar-refractivity contribution in [2.24, 2.45) is 5.73 Å². The average molecular weight is 230 g/mol. The van der Waals surface area contributed by atoms with Gasteiger partial charge in [0.25, 0.3) is 0 Å². The van der Waals surface area contributed by atoms with Gasteiger partial charge in [0.2, 0.25) is 0 Å². The number of nitrogens with two attached hydrogens (primary N) is 1. The summed E-state index contributed by atoms with van der Waals surface area (Å²) in [5.41, 5.74) is 6.12. The Balaban J connectivity index is 1.98. The lowest BCUT2D eigenvalue weighted by atomic mass is 10.4. The molecule has 1 heterocycles. The highest BCUT2D eigenvalue weighted by Gasteiger charge is 2.02. The van der Waals surface area contributed by atoms with Crippen LogP contribution in [0.3, 0.4) is 0 Å². The Morgan fingerprint density at radius 1 is 1.25 bits per heavy atom. The van der Waals surface area contributed by atoms with Gasteiger partial charge in [-0.25, -0.2) is 0 Å². The van der Waals surface area contributed by atoms with E-state index in [-0.39, 0.29) is 0 Å². The number of methoxy groups -OCH3 is 1. The normalized spacial score (nSPS) is 10.9. The summed E-state index contributed by atoms with van der Waals surface area (Å²) in [7, 11) is 1.64. The highest BCUT2D eigenvalue weighted by Crippen LogP contribution is 2.03. The molecule has 0 aromatic carbocycles. The molecule has 6 heteroatoms. The zero-order valence-electron chi connectivity index (χ0n) is 9.48. The smallest absolute Gasteiger partial charge is 0.162 e. The first-order chi connectivity index (χ1) is 7.86. The molecule has 1 aromatic rings. The van der Waals surface area contributed by atoms with Crippen molar-refractivity contribution in [3.63, 3.8) is 0 Å². The van der Waals surface area contributed by atoms with Crippen LogP contribution in [-0.4, -0.2) is 38.7 Å². The average Bonchev–Trinajstić information content (AvgIpc) is 2.76. The molecule has 0 saturated heterocycles. The van der Waals surface area contributed by atoms with Crippen LogP contribution in [0.25, 0.3) is 0 Å². The minimum atomic E-state index is 0.379. The van der Waals surface area contributed by atoms with Gasteiger partial charge in [0.15, 0.2) is 5.76 Å². The van der Waals surface area contributed by atoms with Gasteiger partial charge < -0.3 is 24.5 Å². The van der Waals surface area contributed by atoms with E-state index in [9.17, 15) is 0 Å². The molecule has 0 amide bonds. The van der Waals surface area contributed by atoms with Gasteiger partial charge in [0.05, 0.1) is 32.1 Å². The molecule has 0 fully saturated rings. The predicted octanol–water partition coefficient (Wildman–Crippen LogP) is 0.313. The van der Waals surface area contributed by atoms with Gasteiger partial charge in [0, 0.05) is 19.7 Å². The van der Waals surface area contributed by atoms with Crippen molar-refractivity contribution in [3.8, 4) is 0 Å². The first-order valence-electron chi connectivity index (χ1n) is 5.15. The SMILES string of the molecule is COCCOCCOCc1cc(CN)no1. The van der Waals surface area contributed by atoms with Crippen LogP contribution in [0.4, 0.5) is 0 Å². The number of aromatic nitrogens is 1. The molecule has 2 N–H and O–H groups in total. The number of hydrogen-bond acceptors (Lipinski definition) is 6. The maximum absolute atomic E-state index is 5.39. The molecular weight excluding hydrogens is 212 g/mol. The van der Waals surface area contributed by atoms with Crippen LogP contribution >= 0.6 is 0 Å². The molecule has 16 heavy (non-hydrogen) atoms. The summed E-state index contributed by atoms with van der Waals surface area (Å²) >= 11 is 0. The minimum Gasteiger partial charge on any atom is -0.382 e. The molecule has 0 spiro atoms. The second-order valence-corrected chi connectivity index (χ2v) is 3.15. The fourth-order valence-electron chi connectivity index (χ4n) is 1.05.